The van der Waals surface area contributed by atoms with Gasteiger partial charge in [-0.05, 0) is 29.2 Å². The van der Waals surface area contributed by atoms with Crippen LogP contribution < -0.4 is 15.6 Å². The summed E-state index contributed by atoms with van der Waals surface area (Å²) in [5.41, 5.74) is -1.07. The van der Waals surface area contributed by atoms with Crippen LogP contribution in [0, 0.1) is 11.2 Å². The number of carbonyl (C=O) groups excluding carboxylic acids is 1. The number of halogens is 3. The number of aromatic nitrogens is 4. The van der Waals surface area contributed by atoms with E-state index in [9.17, 15) is 22.8 Å². The highest BCUT2D eigenvalue weighted by atomic mass is 19.3. The fourth-order valence-electron chi connectivity index (χ4n) is 2.99. The molecule has 0 saturated carbocycles. The van der Waals surface area contributed by atoms with Gasteiger partial charge in [-0.25, -0.2) is 19.3 Å². The van der Waals surface area contributed by atoms with E-state index in [1.165, 1.54) is 18.5 Å². The Bertz CT molecular complexity index is 1160. The highest BCUT2D eigenvalue weighted by molar-refractivity contribution is 5.92. The van der Waals surface area contributed by atoms with Crippen molar-refractivity contribution in [3.63, 3.8) is 0 Å². The SMILES string of the molecule is CC(C)(C)[C@@H](NC(=O)c1cc(=O)[nH]c(-c2ncccn2)n1)c1ccc(OC(F)F)c(F)c1. The number of H-pyrrole nitrogens is 1. The summed E-state index contributed by atoms with van der Waals surface area (Å²) in [5.74, 6) is -2.16. The molecule has 0 aliphatic carbocycles. The molecule has 3 aromatic rings. The molecule has 0 fully saturated rings. The minimum atomic E-state index is -3.17. The molecule has 32 heavy (non-hydrogen) atoms. The van der Waals surface area contributed by atoms with Crippen molar-refractivity contribution < 1.29 is 22.7 Å². The lowest BCUT2D eigenvalue weighted by Gasteiger charge is -2.32. The molecule has 1 amide bonds. The zero-order valence-corrected chi connectivity index (χ0v) is 17.4. The van der Waals surface area contributed by atoms with Crippen molar-refractivity contribution in [2.75, 3.05) is 0 Å². The van der Waals surface area contributed by atoms with Crippen molar-refractivity contribution >= 4 is 5.91 Å². The van der Waals surface area contributed by atoms with E-state index >= 15 is 0 Å². The molecule has 0 unspecified atom stereocenters. The van der Waals surface area contributed by atoms with Gasteiger partial charge in [-0.1, -0.05) is 26.8 Å². The predicted molar refractivity (Wildman–Crippen MR) is 109 cm³/mol. The van der Waals surface area contributed by atoms with Crippen molar-refractivity contribution in [1.82, 2.24) is 25.3 Å². The molecule has 0 spiro atoms. The Labute approximate surface area is 180 Å². The first-order valence-corrected chi connectivity index (χ1v) is 9.48. The lowest BCUT2D eigenvalue weighted by Crippen LogP contribution is -2.37. The number of alkyl halides is 2. The van der Waals surface area contributed by atoms with E-state index in [1.807, 2.05) is 0 Å². The van der Waals surface area contributed by atoms with Gasteiger partial charge >= 0.3 is 6.61 Å². The van der Waals surface area contributed by atoms with E-state index < -0.39 is 41.1 Å². The number of benzene rings is 1. The number of aromatic amines is 1. The molecule has 11 heteroatoms. The highest BCUT2D eigenvalue weighted by Gasteiger charge is 2.30. The first-order valence-electron chi connectivity index (χ1n) is 9.48. The third-order valence-electron chi connectivity index (χ3n) is 4.40. The lowest BCUT2D eigenvalue weighted by atomic mass is 9.82. The smallest absolute Gasteiger partial charge is 0.387 e. The second kappa shape index (κ2) is 9.16. The van der Waals surface area contributed by atoms with E-state index in [4.69, 9.17) is 0 Å². The summed E-state index contributed by atoms with van der Waals surface area (Å²) in [6.45, 7) is 2.23. The third kappa shape index (κ3) is 5.48. The van der Waals surface area contributed by atoms with Crippen molar-refractivity contribution in [1.29, 1.82) is 0 Å². The van der Waals surface area contributed by atoms with Crippen molar-refractivity contribution in [2.45, 2.75) is 33.4 Å². The van der Waals surface area contributed by atoms with E-state index in [-0.39, 0.29) is 17.3 Å². The average molecular weight is 447 g/mol. The van der Waals surface area contributed by atoms with Gasteiger partial charge in [0.1, 0.15) is 5.69 Å². The monoisotopic (exact) mass is 447 g/mol. The van der Waals surface area contributed by atoms with Crippen LogP contribution in [0.1, 0.15) is 42.9 Å². The molecule has 3 rings (SSSR count). The minimum absolute atomic E-state index is 0.00936. The van der Waals surface area contributed by atoms with Gasteiger partial charge in [-0.15, -0.1) is 0 Å². The summed E-state index contributed by atoms with van der Waals surface area (Å²) in [6.07, 6.45) is 2.92. The summed E-state index contributed by atoms with van der Waals surface area (Å²) in [7, 11) is 0. The van der Waals surface area contributed by atoms with Gasteiger partial charge in [0.2, 0.25) is 0 Å². The number of nitrogens with one attached hydrogen (secondary N) is 2. The maximum absolute atomic E-state index is 14.3. The maximum Gasteiger partial charge on any atom is 0.387 e. The van der Waals surface area contributed by atoms with E-state index in [0.717, 1.165) is 18.2 Å². The molecule has 1 atom stereocenters. The Balaban J connectivity index is 1.92. The van der Waals surface area contributed by atoms with Crippen molar-refractivity contribution in [2.24, 2.45) is 5.41 Å². The summed E-state index contributed by atoms with van der Waals surface area (Å²) in [5, 5.41) is 2.73. The first-order chi connectivity index (χ1) is 15.0. The molecule has 0 bridgehead atoms. The normalized spacial score (nSPS) is 12.5. The highest BCUT2D eigenvalue weighted by Crippen LogP contribution is 2.35. The molecule has 2 heterocycles. The Kier molecular flexibility index (Phi) is 6.56. The van der Waals surface area contributed by atoms with Gasteiger partial charge in [0.25, 0.3) is 11.5 Å². The van der Waals surface area contributed by atoms with Crippen LogP contribution in [0.3, 0.4) is 0 Å². The Morgan fingerprint density at radius 2 is 1.84 bits per heavy atom. The van der Waals surface area contributed by atoms with E-state index in [2.05, 4.69) is 30.0 Å². The molecule has 2 aromatic heterocycles. The Hall–Kier alpha value is -3.76. The van der Waals surface area contributed by atoms with Gasteiger partial charge in [0.05, 0.1) is 6.04 Å². The van der Waals surface area contributed by atoms with Gasteiger partial charge in [-0.3, -0.25) is 9.59 Å². The fraction of sp³-hybridized carbons (Fsp3) is 0.286. The zero-order valence-electron chi connectivity index (χ0n) is 17.4. The zero-order chi connectivity index (χ0) is 23.5. The van der Waals surface area contributed by atoms with Crippen LogP contribution in [0.15, 0.2) is 47.5 Å². The summed E-state index contributed by atoms with van der Waals surface area (Å²) >= 11 is 0. The second-order valence-electron chi connectivity index (χ2n) is 7.89. The molecule has 0 saturated heterocycles. The number of hydrogen-bond donors (Lipinski definition) is 2. The molecule has 2 N–H and O–H groups in total. The average Bonchev–Trinajstić information content (AvgIpc) is 2.72. The summed E-state index contributed by atoms with van der Waals surface area (Å²) in [6, 6.07) is 5.32. The number of rotatable bonds is 6. The number of nitrogens with zero attached hydrogens (tertiary/aromatic N) is 3. The summed E-state index contributed by atoms with van der Waals surface area (Å²) < 4.78 is 43.2. The van der Waals surface area contributed by atoms with Gasteiger partial charge in [0, 0.05) is 18.5 Å². The standard InChI is InChI=1S/C21H20F3N5O3/c1-21(2,3)16(11-5-6-14(12(22)9-11)32-20(23)24)29-19(31)13-10-15(30)28-18(27-13)17-25-7-4-8-26-17/h4-10,16,20H,1-3H3,(H,29,31)(H,27,28,30)/t16-/m0/s1. The number of carbonyl (C=O) groups is 1. The topological polar surface area (TPSA) is 110 Å². The van der Waals surface area contributed by atoms with Crippen LogP contribution >= 0.6 is 0 Å². The van der Waals surface area contributed by atoms with Gasteiger partial charge in [0.15, 0.2) is 23.2 Å². The summed E-state index contributed by atoms with van der Waals surface area (Å²) in [4.78, 5) is 39.6. The van der Waals surface area contributed by atoms with Crippen LogP contribution in [0.2, 0.25) is 0 Å². The lowest BCUT2D eigenvalue weighted by molar-refractivity contribution is -0.0522. The van der Waals surface area contributed by atoms with Gasteiger partial charge < -0.3 is 15.0 Å². The molecule has 0 aliphatic heterocycles. The maximum atomic E-state index is 14.3. The number of ether oxygens (including phenoxy) is 1. The third-order valence-corrected chi connectivity index (χ3v) is 4.40. The molecular formula is C21H20F3N5O3. The first kappa shape index (κ1) is 22.9. The molecule has 1 aromatic carbocycles. The van der Waals surface area contributed by atoms with E-state index in [0.29, 0.717) is 5.56 Å². The van der Waals surface area contributed by atoms with Crippen molar-refractivity contribution in [3.8, 4) is 17.4 Å². The molecule has 0 aliphatic rings. The van der Waals surface area contributed by atoms with Crippen molar-refractivity contribution in [3.05, 3.63) is 70.2 Å². The fourth-order valence-corrected chi connectivity index (χ4v) is 2.99. The Morgan fingerprint density at radius 3 is 2.44 bits per heavy atom. The molecule has 0 radical (unpaired) electrons. The molecular weight excluding hydrogens is 427 g/mol. The quantitative estimate of drug-likeness (QED) is 0.599. The van der Waals surface area contributed by atoms with Crippen LogP contribution in [0.25, 0.3) is 11.6 Å². The van der Waals surface area contributed by atoms with Crippen LogP contribution in [0.4, 0.5) is 13.2 Å². The van der Waals surface area contributed by atoms with Crippen LogP contribution in [0.5, 0.6) is 5.75 Å². The van der Waals surface area contributed by atoms with Crippen LogP contribution in [-0.2, 0) is 0 Å². The Morgan fingerprint density at radius 1 is 1.16 bits per heavy atom. The molecule has 168 valence electrons. The minimum Gasteiger partial charge on any atom is -0.432 e. The second-order valence-corrected chi connectivity index (χ2v) is 7.89. The van der Waals surface area contributed by atoms with Crippen LogP contribution in [-0.4, -0.2) is 32.5 Å². The van der Waals surface area contributed by atoms with E-state index in [1.54, 1.807) is 26.8 Å². The molecule has 8 nitrogen and oxygen atoms in total. The number of amides is 1. The number of hydrogen-bond acceptors (Lipinski definition) is 6. The van der Waals surface area contributed by atoms with Gasteiger partial charge in [-0.2, -0.15) is 8.78 Å². The predicted octanol–water partition coefficient (Wildman–Crippen LogP) is 3.48. The largest absolute Gasteiger partial charge is 0.432 e.